The van der Waals surface area contributed by atoms with Crippen molar-refractivity contribution < 1.29 is 23.8 Å². The van der Waals surface area contributed by atoms with Crippen molar-refractivity contribution in [3.63, 3.8) is 0 Å². The number of carbonyl (C=O) groups is 2. The molecule has 0 atom stereocenters. The fourth-order valence-corrected chi connectivity index (χ4v) is 4.03. The molecule has 0 fully saturated rings. The Labute approximate surface area is 197 Å². The summed E-state index contributed by atoms with van der Waals surface area (Å²) in [7, 11) is 0. The summed E-state index contributed by atoms with van der Waals surface area (Å²) >= 11 is 6.01. The van der Waals surface area contributed by atoms with Gasteiger partial charge in [0, 0.05) is 28.5 Å². The maximum absolute atomic E-state index is 13.5. The van der Waals surface area contributed by atoms with Gasteiger partial charge in [-0.2, -0.15) is 0 Å². The number of aromatic amines is 1. The molecule has 4 rings (SSSR count). The molecule has 1 N–H and O–H groups in total. The van der Waals surface area contributed by atoms with Crippen molar-refractivity contribution in [1.29, 1.82) is 0 Å². The van der Waals surface area contributed by atoms with Gasteiger partial charge < -0.3 is 24.1 Å². The Morgan fingerprint density at radius 3 is 2.52 bits per heavy atom. The van der Waals surface area contributed by atoms with Gasteiger partial charge in [-0.25, -0.2) is 4.79 Å². The Morgan fingerprint density at radius 2 is 1.79 bits per heavy atom. The monoisotopic (exact) mass is 468 g/mol. The Morgan fingerprint density at radius 1 is 1.06 bits per heavy atom. The molecular weight excluding hydrogens is 444 g/mol. The van der Waals surface area contributed by atoms with E-state index in [-0.39, 0.29) is 25.2 Å². The van der Waals surface area contributed by atoms with Gasteiger partial charge in [0.15, 0.2) is 11.5 Å². The van der Waals surface area contributed by atoms with Crippen LogP contribution >= 0.6 is 11.6 Å². The number of aromatic nitrogens is 1. The molecule has 7 nitrogen and oxygen atoms in total. The third-order valence-electron chi connectivity index (χ3n) is 5.56. The third kappa shape index (κ3) is 4.83. The smallest absolute Gasteiger partial charge is 0.340 e. The van der Waals surface area contributed by atoms with Gasteiger partial charge in [0.05, 0.1) is 18.7 Å². The number of benzene rings is 2. The minimum Gasteiger partial charge on any atom is -0.462 e. The normalized spacial score (nSPS) is 12.0. The molecule has 2 aromatic carbocycles. The summed E-state index contributed by atoms with van der Waals surface area (Å²) in [5.41, 5.74) is 4.18. The van der Waals surface area contributed by atoms with E-state index in [1.807, 2.05) is 32.0 Å². The van der Waals surface area contributed by atoms with Crippen LogP contribution in [0.25, 0.3) is 0 Å². The molecule has 1 amide bonds. The molecule has 8 heteroatoms. The molecule has 0 radical (unpaired) electrons. The number of nitrogens with one attached hydrogen (secondary N) is 1. The number of carbonyl (C=O) groups excluding carboxylic acids is 2. The fourth-order valence-electron chi connectivity index (χ4n) is 3.91. The Bertz CT molecular complexity index is 1190. The number of hydrogen-bond donors (Lipinski definition) is 1. The molecule has 172 valence electrons. The van der Waals surface area contributed by atoms with Gasteiger partial charge in [-0.1, -0.05) is 17.7 Å². The van der Waals surface area contributed by atoms with Crippen molar-refractivity contribution in [2.24, 2.45) is 0 Å². The SMILES string of the molecule is CCOC(=O)c1c(C)[nH]c(CN(Cc2ccc3c(c2)OCO3)C(=O)c2ccc(Cl)cc2)c1C. The minimum absolute atomic E-state index is 0.159. The van der Waals surface area contributed by atoms with E-state index >= 15 is 0 Å². The number of H-pyrrole nitrogens is 1. The predicted molar refractivity (Wildman–Crippen MR) is 124 cm³/mol. The van der Waals surface area contributed by atoms with Gasteiger partial charge in [-0.3, -0.25) is 4.79 Å². The Kier molecular flexibility index (Phi) is 6.60. The number of fused-ring (bicyclic) bond motifs is 1. The van der Waals surface area contributed by atoms with Crippen LogP contribution in [-0.4, -0.2) is 35.2 Å². The van der Waals surface area contributed by atoms with Crippen LogP contribution in [0.5, 0.6) is 11.5 Å². The van der Waals surface area contributed by atoms with Crippen LogP contribution in [-0.2, 0) is 17.8 Å². The predicted octanol–water partition coefficient (Wildman–Crippen LogP) is 5.03. The summed E-state index contributed by atoms with van der Waals surface area (Å²) in [6.07, 6.45) is 0. The summed E-state index contributed by atoms with van der Waals surface area (Å²) in [5.74, 6) is 0.808. The molecule has 0 aliphatic carbocycles. The fraction of sp³-hybridized carbons (Fsp3) is 0.280. The molecule has 1 aromatic heterocycles. The van der Waals surface area contributed by atoms with Crippen molar-refractivity contribution in [3.05, 3.63) is 81.1 Å². The number of nitrogens with zero attached hydrogens (tertiary/aromatic N) is 1. The maximum atomic E-state index is 13.5. The standard InChI is InChI=1S/C25H25ClN2O5/c1-4-31-25(30)23-15(2)20(27-16(23)3)13-28(24(29)18-6-8-19(26)9-7-18)12-17-5-10-21-22(11-17)33-14-32-21/h5-11,27H,4,12-14H2,1-3H3. The second kappa shape index (κ2) is 9.58. The van der Waals surface area contributed by atoms with E-state index in [4.69, 9.17) is 25.8 Å². The average molecular weight is 469 g/mol. The summed E-state index contributed by atoms with van der Waals surface area (Å²) in [5, 5.41) is 0.559. The van der Waals surface area contributed by atoms with Crippen LogP contribution in [0.1, 0.15) is 50.2 Å². The highest BCUT2D eigenvalue weighted by atomic mass is 35.5. The first kappa shape index (κ1) is 22.7. The zero-order valence-corrected chi connectivity index (χ0v) is 19.5. The van der Waals surface area contributed by atoms with Gasteiger partial charge in [0.1, 0.15) is 0 Å². The summed E-state index contributed by atoms with van der Waals surface area (Å²) in [4.78, 5) is 30.9. The van der Waals surface area contributed by atoms with Crippen molar-refractivity contribution in [1.82, 2.24) is 9.88 Å². The molecule has 0 bridgehead atoms. The lowest BCUT2D eigenvalue weighted by Crippen LogP contribution is -2.30. The van der Waals surface area contributed by atoms with Crippen LogP contribution in [0.3, 0.4) is 0 Å². The summed E-state index contributed by atoms with van der Waals surface area (Å²) in [6.45, 7) is 6.55. The zero-order chi connectivity index (χ0) is 23.5. The van der Waals surface area contributed by atoms with Gasteiger partial charge in [0.25, 0.3) is 5.91 Å². The number of rotatable bonds is 7. The summed E-state index contributed by atoms with van der Waals surface area (Å²) < 4.78 is 16.1. The van der Waals surface area contributed by atoms with E-state index in [2.05, 4.69) is 4.98 Å². The Hall–Kier alpha value is -3.45. The van der Waals surface area contributed by atoms with Crippen LogP contribution in [0, 0.1) is 13.8 Å². The summed E-state index contributed by atoms with van der Waals surface area (Å²) in [6, 6.07) is 12.4. The highest BCUT2D eigenvalue weighted by molar-refractivity contribution is 6.30. The maximum Gasteiger partial charge on any atom is 0.340 e. The first-order valence-corrected chi connectivity index (χ1v) is 11.0. The van der Waals surface area contributed by atoms with Crippen LogP contribution in [0.15, 0.2) is 42.5 Å². The molecule has 3 aromatic rings. The first-order valence-electron chi connectivity index (χ1n) is 10.7. The van der Waals surface area contributed by atoms with Gasteiger partial charge >= 0.3 is 5.97 Å². The van der Waals surface area contributed by atoms with Crippen LogP contribution in [0.4, 0.5) is 0 Å². The molecule has 33 heavy (non-hydrogen) atoms. The topological polar surface area (TPSA) is 80.9 Å². The highest BCUT2D eigenvalue weighted by Crippen LogP contribution is 2.33. The van der Waals surface area contributed by atoms with E-state index in [1.165, 1.54) is 0 Å². The van der Waals surface area contributed by atoms with Crippen molar-refractivity contribution in [3.8, 4) is 11.5 Å². The molecule has 0 saturated heterocycles. The lowest BCUT2D eigenvalue weighted by Gasteiger charge is -2.23. The first-order chi connectivity index (χ1) is 15.9. The number of aryl methyl sites for hydroxylation is 1. The zero-order valence-electron chi connectivity index (χ0n) is 18.7. The second-order valence-electron chi connectivity index (χ2n) is 7.80. The van der Waals surface area contributed by atoms with Gasteiger partial charge in [-0.05, 0) is 68.3 Å². The van der Waals surface area contributed by atoms with Crippen LogP contribution in [0.2, 0.25) is 5.02 Å². The molecular formula is C25H25ClN2O5. The lowest BCUT2D eigenvalue weighted by atomic mass is 10.1. The van der Waals surface area contributed by atoms with Crippen LogP contribution < -0.4 is 9.47 Å². The molecule has 0 saturated carbocycles. The quantitative estimate of drug-likeness (QED) is 0.492. The third-order valence-corrected chi connectivity index (χ3v) is 5.81. The van der Waals surface area contributed by atoms with Crippen molar-refractivity contribution >= 4 is 23.5 Å². The number of ether oxygens (including phenoxy) is 3. The molecule has 0 unspecified atom stereocenters. The average Bonchev–Trinajstić information content (AvgIpc) is 3.36. The largest absolute Gasteiger partial charge is 0.462 e. The second-order valence-corrected chi connectivity index (χ2v) is 8.24. The molecule has 1 aliphatic heterocycles. The molecule has 0 spiro atoms. The van der Waals surface area contributed by atoms with E-state index < -0.39 is 0 Å². The minimum atomic E-state index is -0.374. The number of halogens is 1. The molecule has 1 aliphatic rings. The Balaban J connectivity index is 1.65. The van der Waals surface area contributed by atoms with Gasteiger partial charge in [0.2, 0.25) is 6.79 Å². The lowest BCUT2D eigenvalue weighted by molar-refractivity contribution is 0.0524. The van der Waals surface area contributed by atoms with E-state index in [9.17, 15) is 9.59 Å². The number of hydrogen-bond acceptors (Lipinski definition) is 5. The molecule has 2 heterocycles. The van der Waals surface area contributed by atoms with Gasteiger partial charge in [-0.15, -0.1) is 0 Å². The van der Waals surface area contributed by atoms with E-state index in [1.54, 1.807) is 36.1 Å². The highest BCUT2D eigenvalue weighted by Gasteiger charge is 2.24. The van der Waals surface area contributed by atoms with Crippen molar-refractivity contribution in [2.45, 2.75) is 33.9 Å². The van der Waals surface area contributed by atoms with E-state index in [0.717, 1.165) is 16.8 Å². The van der Waals surface area contributed by atoms with E-state index in [0.29, 0.717) is 46.5 Å². The number of esters is 1. The van der Waals surface area contributed by atoms with Crippen molar-refractivity contribution in [2.75, 3.05) is 13.4 Å². The number of amides is 1.